The van der Waals surface area contributed by atoms with E-state index in [1.807, 2.05) is 30.3 Å². The van der Waals surface area contributed by atoms with Crippen molar-refractivity contribution in [3.63, 3.8) is 0 Å². The van der Waals surface area contributed by atoms with Crippen LogP contribution in [0.25, 0.3) is 0 Å². The lowest BCUT2D eigenvalue weighted by atomic mass is 10.2. The summed E-state index contributed by atoms with van der Waals surface area (Å²) in [6, 6.07) is 9.48. The van der Waals surface area contributed by atoms with Crippen LogP contribution >= 0.6 is 11.6 Å². The molecule has 0 saturated heterocycles. The van der Waals surface area contributed by atoms with Gasteiger partial charge < -0.3 is 4.74 Å². The van der Waals surface area contributed by atoms with E-state index >= 15 is 0 Å². The molecule has 0 unspecified atom stereocenters. The first kappa shape index (κ1) is 11.9. The molecule has 5 heteroatoms. The molecule has 82 valence electrons. The van der Waals surface area contributed by atoms with Crippen molar-refractivity contribution < 1.29 is 9.66 Å². The molecular weight excluding hydrogens is 218 g/mol. The number of ether oxygens (including phenoxy) is 1. The smallest absolute Gasteiger partial charge is 0.230 e. The minimum absolute atomic E-state index is 0.133. The molecule has 0 aliphatic heterocycles. The lowest BCUT2D eigenvalue weighted by Crippen LogP contribution is -2.24. The molecule has 0 aliphatic rings. The number of hydrogen-bond acceptors (Lipinski definition) is 3. The molecule has 0 amide bonds. The third-order valence-electron chi connectivity index (χ3n) is 1.85. The molecule has 1 rings (SSSR count). The molecule has 0 spiro atoms. The number of nitro groups is 1. The molecule has 1 atom stereocenters. The lowest BCUT2D eigenvalue weighted by molar-refractivity contribution is -0.490. The van der Waals surface area contributed by atoms with Gasteiger partial charge in [0, 0.05) is 4.92 Å². The van der Waals surface area contributed by atoms with Gasteiger partial charge in [-0.25, -0.2) is 0 Å². The Morgan fingerprint density at radius 3 is 2.60 bits per heavy atom. The molecule has 0 fully saturated rings. The summed E-state index contributed by atoms with van der Waals surface area (Å²) in [5, 5.41) is 10.2. The predicted molar refractivity (Wildman–Crippen MR) is 57.6 cm³/mol. The summed E-state index contributed by atoms with van der Waals surface area (Å²) >= 11 is 5.55. The first-order valence-corrected chi connectivity index (χ1v) is 5.09. The molecule has 0 N–H and O–H groups in total. The SMILES string of the molecule is O=[N+]([O-])C[C@@H](CCl)OCc1ccccc1. The largest absolute Gasteiger partial charge is 0.365 e. The van der Waals surface area contributed by atoms with Crippen LogP contribution in [0.3, 0.4) is 0 Å². The Morgan fingerprint density at radius 1 is 1.40 bits per heavy atom. The summed E-state index contributed by atoms with van der Waals surface area (Å²) in [7, 11) is 0. The van der Waals surface area contributed by atoms with Gasteiger partial charge in [0.05, 0.1) is 12.5 Å². The van der Waals surface area contributed by atoms with Gasteiger partial charge in [0.2, 0.25) is 6.54 Å². The van der Waals surface area contributed by atoms with Crippen LogP contribution in [0.2, 0.25) is 0 Å². The number of alkyl halides is 1. The van der Waals surface area contributed by atoms with Crippen LogP contribution < -0.4 is 0 Å². The van der Waals surface area contributed by atoms with Crippen LogP contribution in [0.4, 0.5) is 0 Å². The fourth-order valence-electron chi connectivity index (χ4n) is 1.10. The van der Waals surface area contributed by atoms with Crippen molar-refractivity contribution in [2.24, 2.45) is 0 Å². The van der Waals surface area contributed by atoms with E-state index in [1.54, 1.807) is 0 Å². The molecule has 4 nitrogen and oxygen atoms in total. The Hall–Kier alpha value is -1.13. The van der Waals surface area contributed by atoms with Crippen molar-refractivity contribution in [1.29, 1.82) is 0 Å². The third-order valence-corrected chi connectivity index (χ3v) is 2.20. The van der Waals surface area contributed by atoms with E-state index < -0.39 is 11.0 Å². The van der Waals surface area contributed by atoms with Crippen molar-refractivity contribution in [3.05, 3.63) is 46.0 Å². The predicted octanol–water partition coefficient (Wildman–Crippen LogP) is 2.09. The van der Waals surface area contributed by atoms with Crippen molar-refractivity contribution in [1.82, 2.24) is 0 Å². The van der Waals surface area contributed by atoms with E-state index in [4.69, 9.17) is 16.3 Å². The van der Waals surface area contributed by atoms with Gasteiger partial charge in [-0.3, -0.25) is 10.1 Å². The molecule has 0 bridgehead atoms. The summed E-state index contributed by atoms with van der Waals surface area (Å²) < 4.78 is 5.31. The summed E-state index contributed by atoms with van der Waals surface area (Å²) in [5.74, 6) is 0.133. The second-order valence-electron chi connectivity index (χ2n) is 3.09. The molecular formula is C10H12ClNO3. The van der Waals surface area contributed by atoms with Crippen LogP contribution in [0.15, 0.2) is 30.3 Å². The Balaban J connectivity index is 2.37. The maximum atomic E-state index is 10.2. The first-order valence-electron chi connectivity index (χ1n) is 4.55. The Bertz CT molecular complexity index is 305. The second-order valence-corrected chi connectivity index (χ2v) is 3.40. The minimum Gasteiger partial charge on any atom is -0.365 e. The molecule has 0 aliphatic carbocycles. The summed E-state index contributed by atoms with van der Waals surface area (Å²) in [6.07, 6.45) is -0.526. The highest BCUT2D eigenvalue weighted by Crippen LogP contribution is 2.04. The normalized spacial score (nSPS) is 12.3. The van der Waals surface area contributed by atoms with Crippen molar-refractivity contribution in [2.45, 2.75) is 12.7 Å². The maximum absolute atomic E-state index is 10.2. The zero-order chi connectivity index (χ0) is 11.1. The van der Waals surface area contributed by atoms with Gasteiger partial charge in [-0.1, -0.05) is 30.3 Å². The molecule has 1 aromatic rings. The zero-order valence-corrected chi connectivity index (χ0v) is 8.89. The highest BCUT2D eigenvalue weighted by molar-refractivity contribution is 6.18. The van der Waals surface area contributed by atoms with Crippen molar-refractivity contribution in [3.8, 4) is 0 Å². The van der Waals surface area contributed by atoms with E-state index in [1.165, 1.54) is 0 Å². The van der Waals surface area contributed by atoms with Gasteiger partial charge in [-0.15, -0.1) is 11.6 Å². The highest BCUT2D eigenvalue weighted by Gasteiger charge is 2.14. The van der Waals surface area contributed by atoms with Gasteiger partial charge in [-0.2, -0.15) is 0 Å². The van der Waals surface area contributed by atoms with Crippen molar-refractivity contribution in [2.75, 3.05) is 12.4 Å². The fraction of sp³-hybridized carbons (Fsp3) is 0.400. The molecule has 0 aromatic heterocycles. The monoisotopic (exact) mass is 229 g/mol. The van der Waals surface area contributed by atoms with E-state index in [9.17, 15) is 10.1 Å². The van der Waals surface area contributed by atoms with Gasteiger partial charge >= 0.3 is 0 Å². The fourth-order valence-corrected chi connectivity index (χ4v) is 1.29. The van der Waals surface area contributed by atoms with E-state index in [2.05, 4.69) is 0 Å². The highest BCUT2D eigenvalue weighted by atomic mass is 35.5. The number of halogens is 1. The minimum atomic E-state index is -0.526. The number of benzene rings is 1. The van der Waals surface area contributed by atoms with Gasteiger partial charge in [0.1, 0.15) is 6.10 Å². The number of nitrogens with zero attached hydrogens (tertiary/aromatic N) is 1. The van der Waals surface area contributed by atoms with Crippen LogP contribution in [0.5, 0.6) is 0 Å². The maximum Gasteiger partial charge on any atom is 0.230 e. The van der Waals surface area contributed by atoms with Crippen molar-refractivity contribution >= 4 is 11.6 Å². The quantitative estimate of drug-likeness (QED) is 0.426. The van der Waals surface area contributed by atoms with Gasteiger partial charge in [-0.05, 0) is 5.56 Å². The summed E-state index contributed by atoms with van der Waals surface area (Å²) in [4.78, 5) is 9.83. The Morgan fingerprint density at radius 2 is 2.07 bits per heavy atom. The summed E-state index contributed by atoms with van der Waals surface area (Å²) in [6.45, 7) is 0.0996. The second kappa shape index (κ2) is 6.37. The lowest BCUT2D eigenvalue weighted by Gasteiger charge is -2.10. The topological polar surface area (TPSA) is 52.4 Å². The van der Waals surface area contributed by atoms with Gasteiger partial charge in [0.25, 0.3) is 0 Å². The standard InChI is InChI=1S/C10H12ClNO3/c11-6-10(7-12(13)14)15-8-9-4-2-1-3-5-9/h1-5,10H,6-8H2/t10-/m1/s1. The van der Waals surface area contributed by atoms with Gasteiger partial charge in [0.15, 0.2) is 0 Å². The van der Waals surface area contributed by atoms with Crippen LogP contribution in [-0.4, -0.2) is 23.5 Å². The van der Waals surface area contributed by atoms with E-state index in [0.717, 1.165) is 5.56 Å². The Kier molecular flexibility index (Phi) is 5.07. The molecule has 0 saturated carbocycles. The van der Waals surface area contributed by atoms with Crippen LogP contribution in [-0.2, 0) is 11.3 Å². The van der Waals surface area contributed by atoms with Crippen LogP contribution in [0.1, 0.15) is 5.56 Å². The first-order chi connectivity index (χ1) is 7.22. The van der Waals surface area contributed by atoms with Crippen LogP contribution in [0, 0.1) is 10.1 Å². The molecule has 0 radical (unpaired) electrons. The Labute approximate surface area is 93.0 Å². The third kappa shape index (κ3) is 4.76. The molecule has 1 aromatic carbocycles. The summed E-state index contributed by atoms with van der Waals surface area (Å²) in [5.41, 5.74) is 0.982. The zero-order valence-electron chi connectivity index (χ0n) is 8.14. The number of hydrogen-bond donors (Lipinski definition) is 0. The molecule has 0 heterocycles. The van der Waals surface area contributed by atoms with E-state index in [-0.39, 0.29) is 12.4 Å². The molecule has 15 heavy (non-hydrogen) atoms. The number of rotatable bonds is 6. The van der Waals surface area contributed by atoms with E-state index in [0.29, 0.717) is 6.61 Å². The average molecular weight is 230 g/mol. The average Bonchev–Trinajstić information content (AvgIpc) is 2.25.